The first-order valence-corrected chi connectivity index (χ1v) is 9.15. The monoisotopic (exact) mass is 408 g/mol. The lowest BCUT2D eigenvalue weighted by Gasteiger charge is -2.22. The van der Waals surface area contributed by atoms with E-state index in [1.165, 1.54) is 24.3 Å². The molecule has 0 saturated heterocycles. The van der Waals surface area contributed by atoms with Crippen LogP contribution in [-0.2, 0) is 25.6 Å². The highest BCUT2D eigenvalue weighted by Gasteiger charge is 2.29. The number of nitrogens with two attached hydrogens (primary N) is 2. The first-order valence-electron chi connectivity index (χ1n) is 9.15. The molecular formula is C19H28N4O6. The van der Waals surface area contributed by atoms with Crippen LogP contribution in [0.5, 0.6) is 5.75 Å². The van der Waals surface area contributed by atoms with Crippen molar-refractivity contribution in [2.45, 2.75) is 51.2 Å². The number of carboxylic acids is 1. The molecule has 3 amide bonds. The fourth-order valence-corrected chi connectivity index (χ4v) is 2.64. The summed E-state index contributed by atoms with van der Waals surface area (Å²) in [5, 5.41) is 23.4. The number of carbonyl (C=O) groups is 4. The van der Waals surface area contributed by atoms with E-state index in [1.807, 2.05) is 13.8 Å². The minimum atomic E-state index is -1.35. The van der Waals surface area contributed by atoms with E-state index in [1.54, 1.807) is 0 Å². The Morgan fingerprint density at radius 1 is 1.00 bits per heavy atom. The van der Waals surface area contributed by atoms with E-state index in [2.05, 4.69) is 10.6 Å². The molecule has 8 N–H and O–H groups in total. The maximum Gasteiger partial charge on any atom is 0.326 e. The number of benzene rings is 1. The van der Waals surface area contributed by atoms with Crippen molar-refractivity contribution >= 4 is 23.7 Å². The van der Waals surface area contributed by atoms with Gasteiger partial charge in [0.25, 0.3) is 0 Å². The molecule has 0 aromatic heterocycles. The van der Waals surface area contributed by atoms with Crippen molar-refractivity contribution in [3.8, 4) is 5.75 Å². The van der Waals surface area contributed by atoms with Crippen molar-refractivity contribution in [3.05, 3.63) is 29.8 Å². The molecule has 10 nitrogen and oxygen atoms in total. The van der Waals surface area contributed by atoms with Gasteiger partial charge in [-0.3, -0.25) is 14.4 Å². The van der Waals surface area contributed by atoms with Gasteiger partial charge in [-0.15, -0.1) is 0 Å². The molecule has 160 valence electrons. The van der Waals surface area contributed by atoms with Gasteiger partial charge in [-0.1, -0.05) is 26.0 Å². The van der Waals surface area contributed by atoms with Gasteiger partial charge >= 0.3 is 5.97 Å². The van der Waals surface area contributed by atoms with Crippen LogP contribution in [0.2, 0.25) is 0 Å². The summed E-state index contributed by atoms with van der Waals surface area (Å²) in [5.74, 6) is -3.47. The van der Waals surface area contributed by atoms with Crippen LogP contribution in [-0.4, -0.2) is 52.0 Å². The van der Waals surface area contributed by atoms with Gasteiger partial charge in [0.2, 0.25) is 17.7 Å². The molecule has 3 atom stereocenters. The van der Waals surface area contributed by atoms with Crippen molar-refractivity contribution < 1.29 is 29.4 Å². The van der Waals surface area contributed by atoms with Crippen molar-refractivity contribution in [1.29, 1.82) is 0 Å². The Labute approximate surface area is 168 Å². The zero-order valence-corrected chi connectivity index (χ0v) is 16.4. The molecule has 1 aromatic rings. The minimum Gasteiger partial charge on any atom is -0.508 e. The van der Waals surface area contributed by atoms with Crippen LogP contribution in [0.15, 0.2) is 24.3 Å². The molecule has 0 spiro atoms. The van der Waals surface area contributed by atoms with Crippen LogP contribution in [0, 0.1) is 5.92 Å². The van der Waals surface area contributed by atoms with Gasteiger partial charge in [-0.05, 0) is 30.0 Å². The molecule has 1 aromatic carbocycles. The summed E-state index contributed by atoms with van der Waals surface area (Å²) in [4.78, 5) is 47.6. The molecule has 29 heavy (non-hydrogen) atoms. The van der Waals surface area contributed by atoms with E-state index in [9.17, 15) is 29.4 Å². The molecule has 3 unspecified atom stereocenters. The Kier molecular flexibility index (Phi) is 9.07. The lowest BCUT2D eigenvalue weighted by atomic mass is 10.0. The van der Waals surface area contributed by atoms with E-state index in [-0.39, 0.29) is 18.1 Å². The van der Waals surface area contributed by atoms with Crippen LogP contribution >= 0.6 is 0 Å². The molecule has 0 radical (unpaired) electrons. The lowest BCUT2D eigenvalue weighted by Crippen LogP contribution is -2.55. The average Bonchev–Trinajstić information content (AvgIpc) is 2.61. The number of hydrogen-bond acceptors (Lipinski definition) is 6. The molecule has 0 aliphatic carbocycles. The maximum atomic E-state index is 12.5. The highest BCUT2D eigenvalue weighted by atomic mass is 16.4. The van der Waals surface area contributed by atoms with Gasteiger partial charge in [-0.2, -0.15) is 0 Å². The summed E-state index contributed by atoms with van der Waals surface area (Å²) in [7, 11) is 0. The van der Waals surface area contributed by atoms with Crippen molar-refractivity contribution in [2.75, 3.05) is 0 Å². The number of carbonyl (C=O) groups excluding carboxylic acids is 3. The molecule has 0 heterocycles. The Morgan fingerprint density at radius 2 is 1.55 bits per heavy atom. The molecule has 0 aliphatic heterocycles. The number of amides is 3. The molecular weight excluding hydrogens is 380 g/mol. The number of phenols is 1. The third kappa shape index (κ3) is 8.60. The lowest BCUT2D eigenvalue weighted by molar-refractivity contribution is -0.142. The van der Waals surface area contributed by atoms with Crippen LogP contribution < -0.4 is 22.1 Å². The number of carboxylic acid groups (broad SMARTS) is 1. The standard InChI is InChI=1S/C19H28N4O6/c1-10(2)7-13(20)17(26)22-14(9-16(21)25)18(27)23-15(19(28)29)8-11-3-5-12(24)6-4-11/h3-6,10,13-15,24H,7-9,20H2,1-2H3,(H2,21,25)(H,22,26)(H,23,27)(H,28,29). The first kappa shape index (κ1) is 23.9. The van der Waals surface area contributed by atoms with Crippen molar-refractivity contribution in [2.24, 2.45) is 17.4 Å². The highest BCUT2D eigenvalue weighted by Crippen LogP contribution is 2.12. The number of aliphatic carboxylic acids is 1. The molecule has 0 aliphatic rings. The molecule has 0 saturated carbocycles. The normalized spacial score (nSPS) is 13.9. The number of rotatable bonds is 11. The molecule has 0 fully saturated rings. The third-order valence-electron chi connectivity index (χ3n) is 4.09. The fourth-order valence-electron chi connectivity index (χ4n) is 2.64. The van der Waals surface area contributed by atoms with Crippen LogP contribution in [0.3, 0.4) is 0 Å². The molecule has 0 bridgehead atoms. The number of aromatic hydroxyl groups is 1. The third-order valence-corrected chi connectivity index (χ3v) is 4.09. The van der Waals surface area contributed by atoms with Crippen LogP contribution in [0.25, 0.3) is 0 Å². The maximum absolute atomic E-state index is 12.5. The number of nitrogens with one attached hydrogen (secondary N) is 2. The Hall–Kier alpha value is -3.14. The fraction of sp³-hybridized carbons (Fsp3) is 0.474. The summed E-state index contributed by atoms with van der Waals surface area (Å²) >= 11 is 0. The van der Waals surface area contributed by atoms with Gasteiger partial charge in [0.1, 0.15) is 17.8 Å². The Balaban J connectivity index is 2.87. The second kappa shape index (κ2) is 11.0. The van der Waals surface area contributed by atoms with E-state index in [0.717, 1.165) is 0 Å². The number of phenolic OH excluding ortho intramolecular Hbond substituents is 1. The summed E-state index contributed by atoms with van der Waals surface area (Å²) in [6, 6.07) is 2.27. The van der Waals surface area contributed by atoms with Gasteiger partial charge < -0.3 is 32.3 Å². The zero-order chi connectivity index (χ0) is 22.1. The van der Waals surface area contributed by atoms with E-state index in [4.69, 9.17) is 11.5 Å². The average molecular weight is 408 g/mol. The van der Waals surface area contributed by atoms with Gasteiger partial charge in [-0.25, -0.2) is 4.79 Å². The summed E-state index contributed by atoms with van der Waals surface area (Å²) < 4.78 is 0. The Morgan fingerprint density at radius 3 is 2.03 bits per heavy atom. The summed E-state index contributed by atoms with van der Waals surface area (Å²) in [6.45, 7) is 3.75. The Bertz CT molecular complexity index is 735. The van der Waals surface area contributed by atoms with Gasteiger partial charge in [0, 0.05) is 6.42 Å². The van der Waals surface area contributed by atoms with Crippen molar-refractivity contribution in [3.63, 3.8) is 0 Å². The van der Waals surface area contributed by atoms with Crippen molar-refractivity contribution in [1.82, 2.24) is 10.6 Å². The van der Waals surface area contributed by atoms with E-state index < -0.39 is 48.2 Å². The molecule has 10 heteroatoms. The van der Waals surface area contributed by atoms with Gasteiger partial charge in [0.05, 0.1) is 12.5 Å². The number of hydrogen-bond donors (Lipinski definition) is 6. The second-order valence-corrected chi connectivity index (χ2v) is 7.24. The first-order chi connectivity index (χ1) is 13.5. The summed E-state index contributed by atoms with van der Waals surface area (Å²) in [6.07, 6.45) is -0.196. The molecule has 1 rings (SSSR count). The summed E-state index contributed by atoms with van der Waals surface area (Å²) in [5.41, 5.74) is 11.5. The van der Waals surface area contributed by atoms with E-state index >= 15 is 0 Å². The zero-order valence-electron chi connectivity index (χ0n) is 16.4. The number of primary amides is 1. The smallest absolute Gasteiger partial charge is 0.326 e. The topological polar surface area (TPSA) is 185 Å². The van der Waals surface area contributed by atoms with Crippen LogP contribution in [0.1, 0.15) is 32.3 Å². The highest BCUT2D eigenvalue weighted by molar-refractivity contribution is 5.94. The SMILES string of the molecule is CC(C)CC(N)C(=O)NC(CC(N)=O)C(=O)NC(Cc1ccc(O)cc1)C(=O)O. The predicted molar refractivity (Wildman–Crippen MR) is 105 cm³/mol. The van der Waals surface area contributed by atoms with E-state index in [0.29, 0.717) is 12.0 Å². The predicted octanol–water partition coefficient (Wildman–Crippen LogP) is -0.762. The quantitative estimate of drug-likeness (QED) is 0.278. The van der Waals surface area contributed by atoms with Crippen LogP contribution in [0.4, 0.5) is 0 Å². The van der Waals surface area contributed by atoms with Gasteiger partial charge in [0.15, 0.2) is 0 Å². The second-order valence-electron chi connectivity index (χ2n) is 7.24. The minimum absolute atomic E-state index is 0.0200. The largest absolute Gasteiger partial charge is 0.508 e.